The molecule has 0 amide bonds. The highest BCUT2D eigenvalue weighted by Crippen LogP contribution is 2.38. The molecule has 0 radical (unpaired) electrons. The average molecular weight is 346 g/mol. The van der Waals surface area contributed by atoms with Gasteiger partial charge in [-0.15, -0.1) is 0 Å². The lowest BCUT2D eigenvalue weighted by atomic mass is 10.1. The molecule has 0 bridgehead atoms. The summed E-state index contributed by atoms with van der Waals surface area (Å²) in [6, 6.07) is 13.1. The molecule has 0 saturated heterocycles. The number of nitrogens with one attached hydrogen (secondary N) is 1. The number of ether oxygens (including phenoxy) is 2. The Morgan fingerprint density at radius 2 is 1.81 bits per heavy atom. The van der Waals surface area contributed by atoms with Gasteiger partial charge in [0.25, 0.3) is 0 Å². The third-order valence-electron chi connectivity index (χ3n) is 4.61. The zero-order valence-corrected chi connectivity index (χ0v) is 14.6. The maximum absolute atomic E-state index is 12.4. The van der Waals surface area contributed by atoms with Crippen molar-refractivity contribution in [1.82, 2.24) is 10.2 Å². The first-order chi connectivity index (χ1) is 12.7. The summed E-state index contributed by atoms with van der Waals surface area (Å²) in [5, 5.41) is 7.46. The average Bonchev–Trinajstić information content (AvgIpc) is 3.25. The normalized spacial score (nSPS) is 12.1. The molecule has 130 valence electrons. The van der Waals surface area contributed by atoms with Gasteiger partial charge in [0.1, 0.15) is 11.5 Å². The number of rotatable bonds is 5. The summed E-state index contributed by atoms with van der Waals surface area (Å²) in [6.07, 6.45) is 4.16. The number of nitrogens with zero attached hydrogens (tertiary/aromatic N) is 1. The number of methoxy groups -OCH3 is 2. The molecule has 2 aromatic carbocycles. The third-order valence-corrected chi connectivity index (χ3v) is 4.61. The second-order valence-electron chi connectivity index (χ2n) is 6.09. The van der Waals surface area contributed by atoms with Crippen molar-refractivity contribution in [3.05, 3.63) is 70.9 Å². The van der Waals surface area contributed by atoms with E-state index in [2.05, 4.69) is 16.3 Å². The Bertz CT molecular complexity index is 1000. The quantitative estimate of drug-likeness (QED) is 0.440. The minimum Gasteiger partial charge on any atom is -0.497 e. The van der Waals surface area contributed by atoms with Crippen LogP contribution < -0.4 is 9.47 Å². The van der Waals surface area contributed by atoms with Crippen molar-refractivity contribution < 1.29 is 14.3 Å². The van der Waals surface area contributed by atoms with E-state index in [-0.39, 0.29) is 5.78 Å². The summed E-state index contributed by atoms with van der Waals surface area (Å²) in [7, 11) is 3.25. The second-order valence-corrected chi connectivity index (χ2v) is 6.09. The van der Waals surface area contributed by atoms with Crippen LogP contribution in [-0.4, -0.2) is 30.2 Å². The van der Waals surface area contributed by atoms with Gasteiger partial charge in [0.05, 0.1) is 25.6 Å². The van der Waals surface area contributed by atoms with Crippen LogP contribution in [0.3, 0.4) is 0 Å². The summed E-state index contributed by atoms with van der Waals surface area (Å²) >= 11 is 0. The third kappa shape index (κ3) is 2.77. The lowest BCUT2D eigenvalue weighted by Crippen LogP contribution is -1.94. The van der Waals surface area contributed by atoms with Crippen molar-refractivity contribution in [1.29, 1.82) is 0 Å². The van der Waals surface area contributed by atoms with Crippen LogP contribution >= 0.6 is 0 Å². The molecule has 0 atom stereocenters. The molecule has 4 rings (SSSR count). The van der Waals surface area contributed by atoms with Crippen molar-refractivity contribution >= 4 is 11.9 Å². The van der Waals surface area contributed by atoms with Gasteiger partial charge in [-0.1, -0.05) is 6.07 Å². The smallest absolute Gasteiger partial charge is 0.185 e. The minimum absolute atomic E-state index is 0.0619. The van der Waals surface area contributed by atoms with E-state index < -0.39 is 0 Å². The van der Waals surface area contributed by atoms with Crippen molar-refractivity contribution in [2.45, 2.75) is 6.42 Å². The van der Waals surface area contributed by atoms with Crippen LogP contribution in [-0.2, 0) is 6.42 Å². The van der Waals surface area contributed by atoms with E-state index in [0.29, 0.717) is 5.56 Å². The number of aromatic amines is 1. The largest absolute Gasteiger partial charge is 0.497 e. The number of allylic oxidation sites excluding steroid dienone is 1. The van der Waals surface area contributed by atoms with Crippen LogP contribution in [0, 0.1) is 0 Å². The standard InChI is InChI=1S/C21H18N2O3/c1-25-15-6-3-13(4-7-15)20(24)10-9-19-18-11-14-5-8-16(26-2)12-17(14)21(18)23-22-19/h3-10,12H,11H2,1-2H3,(H,22,23)/b10-9+. The minimum atomic E-state index is -0.0619. The molecule has 1 N–H and O–H groups in total. The number of H-pyrrole nitrogens is 1. The molecule has 3 aromatic rings. The van der Waals surface area contributed by atoms with E-state index >= 15 is 0 Å². The molecule has 0 spiro atoms. The monoisotopic (exact) mass is 346 g/mol. The molecule has 0 unspecified atom stereocenters. The number of ketones is 1. The van der Waals surface area contributed by atoms with Gasteiger partial charge in [0.15, 0.2) is 5.78 Å². The lowest BCUT2D eigenvalue weighted by molar-refractivity contribution is 0.104. The molecule has 0 saturated carbocycles. The summed E-state index contributed by atoms with van der Waals surface area (Å²) in [4.78, 5) is 12.4. The van der Waals surface area contributed by atoms with Gasteiger partial charge in [-0.2, -0.15) is 5.10 Å². The van der Waals surface area contributed by atoms with E-state index in [1.807, 2.05) is 12.1 Å². The second kappa shape index (κ2) is 6.52. The molecule has 5 heteroatoms. The Kier molecular flexibility index (Phi) is 4.05. The number of hydrogen-bond donors (Lipinski definition) is 1. The van der Waals surface area contributed by atoms with Crippen LogP contribution in [0.5, 0.6) is 11.5 Å². The van der Waals surface area contributed by atoms with E-state index in [4.69, 9.17) is 9.47 Å². The Morgan fingerprint density at radius 3 is 2.54 bits per heavy atom. The lowest BCUT2D eigenvalue weighted by Gasteiger charge is -2.02. The number of aromatic nitrogens is 2. The first kappa shape index (κ1) is 16.1. The summed E-state index contributed by atoms with van der Waals surface area (Å²) in [6.45, 7) is 0. The molecule has 26 heavy (non-hydrogen) atoms. The Balaban J connectivity index is 1.57. The van der Waals surface area contributed by atoms with Crippen molar-refractivity contribution in [2.24, 2.45) is 0 Å². The molecule has 5 nitrogen and oxygen atoms in total. The first-order valence-electron chi connectivity index (χ1n) is 8.30. The fourth-order valence-electron chi connectivity index (χ4n) is 3.18. The van der Waals surface area contributed by atoms with Crippen molar-refractivity contribution in [2.75, 3.05) is 14.2 Å². The number of carbonyl (C=O) groups excluding carboxylic acids is 1. The summed E-state index contributed by atoms with van der Waals surface area (Å²) in [5.41, 5.74) is 5.80. The maximum Gasteiger partial charge on any atom is 0.185 e. The van der Waals surface area contributed by atoms with Crippen LogP contribution in [0.4, 0.5) is 0 Å². The molecule has 1 aliphatic carbocycles. The number of benzene rings is 2. The van der Waals surface area contributed by atoms with Crippen LogP contribution in [0.25, 0.3) is 17.3 Å². The van der Waals surface area contributed by atoms with Crippen molar-refractivity contribution in [3.63, 3.8) is 0 Å². The summed E-state index contributed by atoms with van der Waals surface area (Å²) < 4.78 is 10.4. The van der Waals surface area contributed by atoms with Crippen LogP contribution in [0.1, 0.15) is 27.2 Å². The van der Waals surface area contributed by atoms with Gasteiger partial charge in [0, 0.05) is 23.1 Å². The van der Waals surface area contributed by atoms with Gasteiger partial charge in [-0.25, -0.2) is 0 Å². The van der Waals surface area contributed by atoms with E-state index in [1.54, 1.807) is 50.6 Å². The molecule has 0 fully saturated rings. The highest BCUT2D eigenvalue weighted by molar-refractivity contribution is 6.07. The fourth-order valence-corrected chi connectivity index (χ4v) is 3.18. The van der Waals surface area contributed by atoms with E-state index in [0.717, 1.165) is 40.4 Å². The number of fused-ring (bicyclic) bond motifs is 3. The van der Waals surface area contributed by atoms with Gasteiger partial charge in [-0.05, 0) is 54.1 Å². The molecular weight excluding hydrogens is 328 g/mol. The van der Waals surface area contributed by atoms with Crippen LogP contribution in [0.2, 0.25) is 0 Å². The Morgan fingerprint density at radius 1 is 1.08 bits per heavy atom. The highest BCUT2D eigenvalue weighted by atomic mass is 16.5. The number of carbonyl (C=O) groups is 1. The number of hydrogen-bond acceptors (Lipinski definition) is 4. The zero-order valence-electron chi connectivity index (χ0n) is 14.6. The maximum atomic E-state index is 12.4. The molecule has 0 aliphatic heterocycles. The van der Waals surface area contributed by atoms with Gasteiger partial charge >= 0.3 is 0 Å². The van der Waals surface area contributed by atoms with E-state index in [9.17, 15) is 4.79 Å². The topological polar surface area (TPSA) is 64.2 Å². The van der Waals surface area contributed by atoms with Gasteiger partial charge in [0.2, 0.25) is 0 Å². The molecular formula is C21H18N2O3. The highest BCUT2D eigenvalue weighted by Gasteiger charge is 2.24. The summed E-state index contributed by atoms with van der Waals surface area (Å²) in [5.74, 6) is 1.48. The molecule has 1 aliphatic rings. The predicted molar refractivity (Wildman–Crippen MR) is 99.7 cm³/mol. The van der Waals surface area contributed by atoms with Gasteiger partial charge < -0.3 is 9.47 Å². The molecule has 1 aromatic heterocycles. The Hall–Kier alpha value is -3.34. The molecule has 1 heterocycles. The predicted octanol–water partition coefficient (Wildman–Crippen LogP) is 3.89. The SMILES string of the molecule is COc1ccc(C(=O)/C=C/c2[nH]nc3c2Cc2ccc(OC)cc2-3)cc1. The van der Waals surface area contributed by atoms with E-state index in [1.165, 1.54) is 5.56 Å². The fraction of sp³-hybridized carbons (Fsp3) is 0.143. The first-order valence-corrected chi connectivity index (χ1v) is 8.30. The van der Waals surface area contributed by atoms with Crippen LogP contribution in [0.15, 0.2) is 48.5 Å². The zero-order chi connectivity index (χ0) is 18.1. The Labute approximate surface area is 151 Å². The van der Waals surface area contributed by atoms with Gasteiger partial charge in [-0.3, -0.25) is 9.89 Å². The van der Waals surface area contributed by atoms with Crippen molar-refractivity contribution in [3.8, 4) is 22.8 Å².